The molecular weight excluding hydrogens is 346 g/mol. The molecule has 7 heteroatoms. The molecule has 1 aromatic carbocycles. The zero-order chi connectivity index (χ0) is 19.7. The van der Waals surface area contributed by atoms with E-state index in [0.717, 1.165) is 0 Å². The molecule has 0 bridgehead atoms. The van der Waals surface area contributed by atoms with Gasteiger partial charge in [0.1, 0.15) is 5.82 Å². The molecule has 0 saturated carbocycles. The largest absolute Gasteiger partial charge is 0.462 e. The van der Waals surface area contributed by atoms with Crippen LogP contribution in [0.2, 0.25) is 0 Å². The number of nitrogens with one attached hydrogen (secondary N) is 1. The van der Waals surface area contributed by atoms with Crippen molar-refractivity contribution in [1.29, 1.82) is 0 Å². The molecule has 2 heterocycles. The summed E-state index contributed by atoms with van der Waals surface area (Å²) in [7, 11) is 0. The summed E-state index contributed by atoms with van der Waals surface area (Å²) < 4.78 is 6.40. The van der Waals surface area contributed by atoms with Gasteiger partial charge in [-0.05, 0) is 45.4 Å². The number of fused-ring (bicyclic) bond motifs is 1. The van der Waals surface area contributed by atoms with E-state index in [9.17, 15) is 14.4 Å². The first-order chi connectivity index (χ1) is 12.8. The van der Waals surface area contributed by atoms with E-state index in [1.165, 1.54) is 4.57 Å². The Morgan fingerprint density at radius 2 is 1.89 bits per heavy atom. The van der Waals surface area contributed by atoms with Crippen LogP contribution in [-0.4, -0.2) is 32.9 Å². The number of aromatic amines is 1. The summed E-state index contributed by atoms with van der Waals surface area (Å²) in [6.07, 6.45) is 0. The summed E-state index contributed by atoms with van der Waals surface area (Å²) in [4.78, 5) is 45.1. The fourth-order valence-electron chi connectivity index (χ4n) is 3.23. The normalized spacial score (nSPS) is 11.0. The molecule has 0 fully saturated rings. The first kappa shape index (κ1) is 18.6. The lowest BCUT2D eigenvalue weighted by Crippen LogP contribution is -2.28. The van der Waals surface area contributed by atoms with Crippen molar-refractivity contribution in [2.24, 2.45) is 0 Å². The zero-order valence-electron chi connectivity index (χ0n) is 15.8. The summed E-state index contributed by atoms with van der Waals surface area (Å²) in [6.45, 7) is 6.92. The van der Waals surface area contributed by atoms with E-state index in [1.807, 2.05) is 6.07 Å². The van der Waals surface area contributed by atoms with E-state index >= 15 is 0 Å². The number of ketones is 1. The van der Waals surface area contributed by atoms with Crippen LogP contribution in [0.5, 0.6) is 0 Å². The molecule has 0 spiro atoms. The number of nitrogens with zero attached hydrogens (tertiary/aromatic N) is 2. The smallest absolute Gasteiger partial charge is 0.340 e. The molecule has 27 heavy (non-hydrogen) atoms. The zero-order valence-corrected chi connectivity index (χ0v) is 15.8. The van der Waals surface area contributed by atoms with Crippen molar-refractivity contribution in [2.75, 3.05) is 6.61 Å². The Bertz CT molecular complexity index is 1110. The summed E-state index contributed by atoms with van der Waals surface area (Å²) in [5.74, 6) is -0.310. The van der Waals surface area contributed by atoms with Crippen molar-refractivity contribution in [1.82, 2.24) is 14.5 Å². The maximum Gasteiger partial charge on any atom is 0.340 e. The molecule has 7 nitrogen and oxygen atoms in total. The van der Waals surface area contributed by atoms with E-state index in [4.69, 9.17) is 4.74 Å². The summed E-state index contributed by atoms with van der Waals surface area (Å²) >= 11 is 0. The predicted molar refractivity (Wildman–Crippen MR) is 101 cm³/mol. The van der Waals surface area contributed by atoms with E-state index in [0.29, 0.717) is 39.2 Å². The molecule has 0 saturated heterocycles. The number of aromatic nitrogens is 3. The Hall–Kier alpha value is -3.22. The van der Waals surface area contributed by atoms with Crippen LogP contribution < -0.4 is 5.56 Å². The average Bonchev–Trinajstić information content (AvgIpc) is 2.93. The second kappa shape index (κ2) is 7.19. The van der Waals surface area contributed by atoms with Crippen LogP contribution in [0.3, 0.4) is 0 Å². The predicted octanol–water partition coefficient (Wildman–Crippen LogP) is 2.71. The summed E-state index contributed by atoms with van der Waals surface area (Å²) in [5.41, 5.74) is 2.08. The molecule has 0 aliphatic carbocycles. The second-order valence-electron chi connectivity index (χ2n) is 6.34. The van der Waals surface area contributed by atoms with Crippen LogP contribution in [0.15, 0.2) is 29.1 Å². The number of para-hydroxylation sites is 1. The van der Waals surface area contributed by atoms with Gasteiger partial charge >= 0.3 is 5.97 Å². The molecule has 0 aliphatic heterocycles. The van der Waals surface area contributed by atoms with E-state index in [1.54, 1.807) is 45.9 Å². The highest BCUT2D eigenvalue weighted by molar-refractivity contribution is 6.01. The molecule has 2 aromatic heterocycles. The maximum absolute atomic E-state index is 12.9. The Labute approximate surface area is 156 Å². The number of aryl methyl sites for hydroxylation is 2. The molecule has 0 atom stereocenters. The SMILES string of the molecule is CCOC(=O)c1c(C)[nH]c(C(=O)Cn2c(C)nc3ccccc3c2=O)c1C. The highest BCUT2D eigenvalue weighted by Crippen LogP contribution is 2.20. The minimum atomic E-state index is -0.469. The van der Waals surface area contributed by atoms with Crippen LogP contribution in [0.1, 0.15) is 44.9 Å². The maximum atomic E-state index is 12.9. The van der Waals surface area contributed by atoms with Gasteiger partial charge in [0.25, 0.3) is 5.56 Å². The Morgan fingerprint density at radius 3 is 2.59 bits per heavy atom. The van der Waals surface area contributed by atoms with Crippen molar-refractivity contribution < 1.29 is 14.3 Å². The highest BCUT2D eigenvalue weighted by Gasteiger charge is 2.23. The quantitative estimate of drug-likeness (QED) is 0.553. The van der Waals surface area contributed by atoms with Gasteiger partial charge in [-0.2, -0.15) is 0 Å². The standard InChI is InChI=1S/C20H21N3O4/c1-5-27-20(26)17-11(2)18(21-12(17)3)16(24)10-23-13(4)22-15-9-7-6-8-14(15)19(23)25/h6-9,21H,5,10H2,1-4H3. The summed E-state index contributed by atoms with van der Waals surface area (Å²) in [5, 5.41) is 0.461. The molecule has 3 aromatic rings. The number of benzene rings is 1. The molecule has 0 unspecified atom stereocenters. The fourth-order valence-corrected chi connectivity index (χ4v) is 3.23. The lowest BCUT2D eigenvalue weighted by Gasteiger charge is -2.10. The first-order valence-corrected chi connectivity index (χ1v) is 8.70. The van der Waals surface area contributed by atoms with Gasteiger partial charge in [0.05, 0.1) is 35.3 Å². The third kappa shape index (κ3) is 3.28. The average molecular weight is 367 g/mol. The van der Waals surface area contributed by atoms with Gasteiger partial charge in [-0.25, -0.2) is 9.78 Å². The first-order valence-electron chi connectivity index (χ1n) is 8.70. The van der Waals surface area contributed by atoms with Crippen molar-refractivity contribution in [3.8, 4) is 0 Å². The minimum absolute atomic E-state index is 0.161. The number of Topliss-reactive ketones (excluding diaryl/α,β-unsaturated/α-hetero) is 1. The molecule has 0 amide bonds. The van der Waals surface area contributed by atoms with Gasteiger partial charge in [0, 0.05) is 5.69 Å². The van der Waals surface area contributed by atoms with Crippen LogP contribution in [-0.2, 0) is 11.3 Å². The molecule has 140 valence electrons. The Morgan fingerprint density at radius 1 is 1.19 bits per heavy atom. The highest BCUT2D eigenvalue weighted by atomic mass is 16.5. The molecule has 3 rings (SSSR count). The van der Waals surface area contributed by atoms with Gasteiger partial charge in [0.2, 0.25) is 0 Å². The lowest BCUT2D eigenvalue weighted by molar-refractivity contribution is 0.0525. The third-order valence-corrected chi connectivity index (χ3v) is 4.55. The second-order valence-corrected chi connectivity index (χ2v) is 6.34. The van der Waals surface area contributed by atoms with E-state index in [2.05, 4.69) is 9.97 Å². The van der Waals surface area contributed by atoms with Crippen molar-refractivity contribution in [3.63, 3.8) is 0 Å². The number of esters is 1. The van der Waals surface area contributed by atoms with Crippen LogP contribution >= 0.6 is 0 Å². The van der Waals surface area contributed by atoms with E-state index < -0.39 is 5.97 Å². The summed E-state index contributed by atoms with van der Waals surface area (Å²) in [6, 6.07) is 7.02. The fraction of sp³-hybridized carbons (Fsp3) is 0.300. The van der Waals surface area contributed by atoms with E-state index in [-0.39, 0.29) is 24.5 Å². The molecular formula is C20H21N3O4. The number of hydrogen-bond acceptors (Lipinski definition) is 5. The van der Waals surface area contributed by atoms with Gasteiger partial charge in [-0.3, -0.25) is 14.2 Å². The van der Waals surface area contributed by atoms with Crippen molar-refractivity contribution in [3.05, 3.63) is 63.0 Å². The van der Waals surface area contributed by atoms with Crippen LogP contribution in [0, 0.1) is 20.8 Å². The Balaban J connectivity index is 2.00. The number of H-pyrrole nitrogens is 1. The van der Waals surface area contributed by atoms with Crippen LogP contribution in [0.25, 0.3) is 10.9 Å². The number of carbonyl (C=O) groups is 2. The number of ether oxygens (including phenoxy) is 1. The van der Waals surface area contributed by atoms with Crippen LogP contribution in [0.4, 0.5) is 0 Å². The third-order valence-electron chi connectivity index (χ3n) is 4.55. The van der Waals surface area contributed by atoms with Crippen molar-refractivity contribution >= 4 is 22.7 Å². The van der Waals surface area contributed by atoms with Gasteiger partial charge < -0.3 is 9.72 Å². The lowest BCUT2D eigenvalue weighted by atomic mass is 10.1. The topological polar surface area (TPSA) is 94.1 Å². The number of rotatable bonds is 5. The molecule has 1 N–H and O–H groups in total. The minimum Gasteiger partial charge on any atom is -0.462 e. The Kier molecular flexibility index (Phi) is 4.94. The van der Waals surface area contributed by atoms with Crippen molar-refractivity contribution in [2.45, 2.75) is 34.2 Å². The van der Waals surface area contributed by atoms with Gasteiger partial charge in [-0.15, -0.1) is 0 Å². The number of hydrogen-bond donors (Lipinski definition) is 1. The van der Waals surface area contributed by atoms with Gasteiger partial charge in [-0.1, -0.05) is 12.1 Å². The number of carbonyl (C=O) groups excluding carboxylic acids is 2. The van der Waals surface area contributed by atoms with Gasteiger partial charge in [0.15, 0.2) is 5.78 Å². The molecule has 0 radical (unpaired) electrons. The monoisotopic (exact) mass is 367 g/mol. The molecule has 0 aliphatic rings.